The molecule has 0 unspecified atom stereocenters. The molecule has 0 aliphatic carbocycles. The summed E-state index contributed by atoms with van der Waals surface area (Å²) in [4.78, 5) is 0. The highest BCUT2D eigenvalue weighted by Gasteiger charge is 2.53. The lowest BCUT2D eigenvalue weighted by atomic mass is 9.21. The first-order valence-corrected chi connectivity index (χ1v) is 15.7. The van der Waals surface area contributed by atoms with E-state index in [1.165, 1.54) is 71.0 Å². The van der Waals surface area contributed by atoms with Gasteiger partial charge in [-0.3, -0.25) is 0 Å². The van der Waals surface area contributed by atoms with Crippen LogP contribution in [0.5, 0.6) is 0 Å². The van der Waals surface area contributed by atoms with Crippen LogP contribution in [0.15, 0.2) is 152 Å². The molecule has 1 heterocycles. The van der Waals surface area contributed by atoms with Crippen molar-refractivity contribution in [3.8, 4) is 0 Å². The third-order valence-corrected chi connectivity index (χ3v) is 10.3. The number of aryl methyl sites for hydroxylation is 1. The average molecular weight is 566 g/mol. The summed E-state index contributed by atoms with van der Waals surface area (Å²) in [6.07, 6.45) is -1.49. The Morgan fingerprint density at radius 3 is 1.41 bits per heavy atom. The number of hydrogen-bond donors (Lipinski definition) is 0. The molecule has 0 spiro atoms. The molecule has 0 bridgehead atoms. The fourth-order valence-electron chi connectivity index (χ4n) is 8.27. The summed E-state index contributed by atoms with van der Waals surface area (Å²) in [6, 6.07) is 57.1. The van der Waals surface area contributed by atoms with Crippen molar-refractivity contribution in [3.05, 3.63) is 168 Å². The van der Waals surface area contributed by atoms with Crippen molar-refractivity contribution in [1.29, 1.82) is 0 Å². The van der Waals surface area contributed by atoms with E-state index in [2.05, 4.69) is 173 Å². The average Bonchev–Trinajstić information content (AvgIpc) is 3.32. The molecule has 0 amide bonds. The quantitative estimate of drug-likeness (QED) is 0.187. The van der Waals surface area contributed by atoms with Gasteiger partial charge in [0.25, 0.3) is 6.28 Å². The van der Waals surface area contributed by atoms with Crippen molar-refractivity contribution >= 4 is 60.6 Å². The molecule has 0 saturated carbocycles. The molecule has 1 nitrogen and oxygen atoms in total. The minimum atomic E-state index is -1.49. The first-order chi connectivity index (χ1) is 21.4. The molecule has 0 fully saturated rings. The molecule has 0 atom stereocenters. The Kier molecular flexibility index (Phi) is 6.12. The molecule has 44 heavy (non-hydrogen) atoms. The van der Waals surface area contributed by atoms with E-state index in [0.717, 1.165) is 10.9 Å². The first kappa shape index (κ1) is 26.7. The summed E-state index contributed by atoms with van der Waals surface area (Å²) >= 11 is 0. The van der Waals surface area contributed by atoms with Gasteiger partial charge in [-0.2, -0.15) is 0 Å². The van der Waals surface area contributed by atoms with Crippen LogP contribution in [0.1, 0.15) is 16.7 Å². The second kappa shape index (κ2) is 10.1. The number of fused-ring (bicyclic) bond motifs is 3. The van der Waals surface area contributed by atoms with Crippen LogP contribution in [0.3, 0.4) is 0 Å². The van der Waals surface area contributed by atoms with Crippen molar-refractivity contribution in [2.45, 2.75) is 6.92 Å². The number of hydrogen-bond acceptors (Lipinski definition) is 0. The summed E-state index contributed by atoms with van der Waals surface area (Å²) in [7, 11) is 4.90. The Bertz CT molecular complexity index is 2160. The van der Waals surface area contributed by atoms with E-state index in [0.29, 0.717) is 0 Å². The van der Waals surface area contributed by atoms with E-state index in [4.69, 9.17) is 0 Å². The van der Waals surface area contributed by atoms with Crippen molar-refractivity contribution in [3.63, 3.8) is 0 Å². The third kappa shape index (κ3) is 4.06. The highest BCUT2D eigenvalue weighted by Crippen LogP contribution is 2.46. The second-order valence-electron chi connectivity index (χ2n) is 13.3. The molecule has 1 aliphatic rings. The van der Waals surface area contributed by atoms with Gasteiger partial charge in [-0.15, -0.1) is 16.4 Å². The number of nitrogens with zero attached hydrogens (tertiary/aromatic N) is 1. The minimum absolute atomic E-state index is 0.835. The van der Waals surface area contributed by atoms with Gasteiger partial charge < -0.3 is 4.39 Å². The highest BCUT2D eigenvalue weighted by molar-refractivity contribution is 7.12. The highest BCUT2D eigenvalue weighted by atomic mass is 15.3. The topological polar surface area (TPSA) is 0 Å². The van der Waals surface area contributed by atoms with Crippen molar-refractivity contribution in [2.75, 3.05) is 20.6 Å². The zero-order chi connectivity index (χ0) is 29.9. The fourth-order valence-corrected chi connectivity index (χ4v) is 8.27. The Labute approximate surface area is 260 Å². The van der Waals surface area contributed by atoms with Gasteiger partial charge in [0.1, 0.15) is 0 Å². The Balaban J connectivity index is 1.54. The smallest absolute Gasteiger partial charge is 0.292 e. The first-order valence-electron chi connectivity index (χ1n) is 15.7. The molecule has 8 rings (SSSR count). The Morgan fingerprint density at radius 2 is 0.886 bits per heavy atom. The molecule has 0 radical (unpaired) electrons. The summed E-state index contributed by atoms with van der Waals surface area (Å²) in [5, 5.41) is 7.68. The zero-order valence-corrected chi connectivity index (χ0v) is 25.7. The predicted molar refractivity (Wildman–Crippen MR) is 192 cm³/mol. The van der Waals surface area contributed by atoms with Crippen LogP contribution in [-0.4, -0.2) is 31.3 Å². The molecule has 0 aromatic heterocycles. The van der Waals surface area contributed by atoms with Crippen LogP contribution >= 0.6 is 0 Å². The largest absolute Gasteiger partial charge is 0.505 e. The SMILES string of the molecule is Cc1ccc(C2=C(c3ccc4ccccc4c3)[B-](c3ccc4ccccc4c3)(c3ccc4ccccc4c3)[N+](C)(C)C2)cc1. The number of rotatable bonds is 4. The van der Waals surface area contributed by atoms with E-state index in [1.807, 2.05) is 0 Å². The Hall–Kier alpha value is -4.92. The maximum absolute atomic E-state index is 2.48. The normalized spacial score (nSPS) is 15.8. The van der Waals surface area contributed by atoms with Crippen molar-refractivity contribution in [1.82, 2.24) is 0 Å². The fraction of sp³-hybridized carbons (Fsp3) is 0.0952. The maximum atomic E-state index is 2.48. The monoisotopic (exact) mass is 565 g/mol. The number of benzene rings is 7. The van der Waals surface area contributed by atoms with Gasteiger partial charge in [-0.05, 0) is 56.4 Å². The molecule has 7 aromatic rings. The molecule has 0 N–H and O–H groups in total. The third-order valence-electron chi connectivity index (χ3n) is 10.3. The molecule has 2 heteroatoms. The summed E-state index contributed by atoms with van der Waals surface area (Å²) in [6.45, 7) is 3.11. The van der Waals surface area contributed by atoms with E-state index in [-0.39, 0.29) is 0 Å². The standard InChI is InChI=1S/C42H36BN/c1-30-16-18-34(19-17-30)41-29-44(2,3)43(39-24-22-32-11-5-8-14-36(32)27-39,40-25-23-33-12-6-9-15-37(33)28-40)42(41)38-21-20-31-10-4-7-13-35(31)26-38/h4-28H,29H2,1-3H3. The van der Waals surface area contributed by atoms with Gasteiger partial charge in [0.2, 0.25) is 0 Å². The lowest BCUT2D eigenvalue weighted by Gasteiger charge is -2.54. The Morgan fingerprint density at radius 1 is 0.455 bits per heavy atom. The minimum Gasteiger partial charge on any atom is -0.505 e. The van der Waals surface area contributed by atoms with Crippen LogP contribution < -0.4 is 10.9 Å². The van der Waals surface area contributed by atoms with Crippen molar-refractivity contribution < 1.29 is 4.39 Å². The van der Waals surface area contributed by atoms with Crippen LogP contribution in [0.4, 0.5) is 0 Å². The van der Waals surface area contributed by atoms with Crippen molar-refractivity contribution in [2.24, 2.45) is 0 Å². The maximum Gasteiger partial charge on any atom is 0.292 e. The molecule has 1 aliphatic heterocycles. The number of quaternary nitrogens is 1. The van der Waals surface area contributed by atoms with E-state index < -0.39 is 6.28 Å². The molecule has 7 aromatic carbocycles. The van der Waals surface area contributed by atoms with Crippen LogP contribution in [0.25, 0.3) is 43.4 Å². The lowest BCUT2D eigenvalue weighted by molar-refractivity contribution is -0.774. The van der Waals surface area contributed by atoms with Gasteiger partial charge >= 0.3 is 0 Å². The van der Waals surface area contributed by atoms with Gasteiger partial charge in [-0.1, -0.05) is 157 Å². The molecule has 212 valence electrons. The summed E-state index contributed by atoms with van der Waals surface area (Å²) < 4.78 is 0.835. The summed E-state index contributed by atoms with van der Waals surface area (Å²) in [5.74, 6) is 0. The lowest BCUT2D eigenvalue weighted by Crippen LogP contribution is -2.75. The van der Waals surface area contributed by atoms with E-state index in [9.17, 15) is 0 Å². The zero-order valence-electron chi connectivity index (χ0n) is 25.7. The van der Waals surface area contributed by atoms with Gasteiger partial charge in [0.15, 0.2) is 0 Å². The van der Waals surface area contributed by atoms with E-state index >= 15 is 0 Å². The van der Waals surface area contributed by atoms with E-state index in [1.54, 1.807) is 0 Å². The molecule has 0 saturated heterocycles. The van der Waals surface area contributed by atoms with Gasteiger partial charge in [0.05, 0.1) is 6.54 Å². The van der Waals surface area contributed by atoms with Gasteiger partial charge in [-0.25, -0.2) is 0 Å². The predicted octanol–water partition coefficient (Wildman–Crippen LogP) is 8.75. The second-order valence-corrected chi connectivity index (χ2v) is 13.3. The van der Waals surface area contributed by atoms with Crippen LogP contribution in [-0.2, 0) is 0 Å². The molecular weight excluding hydrogens is 529 g/mol. The van der Waals surface area contributed by atoms with Crippen LogP contribution in [0, 0.1) is 6.92 Å². The van der Waals surface area contributed by atoms with Gasteiger partial charge in [0, 0.05) is 14.1 Å². The number of likely N-dealkylation sites (N-methyl/N-ethyl adjacent to an activating group) is 1. The summed E-state index contributed by atoms with van der Waals surface area (Å²) in [5.41, 5.74) is 9.57. The molecular formula is C42H36BN. The van der Waals surface area contributed by atoms with Crippen LogP contribution in [0.2, 0.25) is 0 Å².